The van der Waals surface area contributed by atoms with E-state index in [1.165, 1.54) is 0 Å². The van der Waals surface area contributed by atoms with Crippen LogP contribution in [0.15, 0.2) is 211 Å². The zero-order valence-electron chi connectivity index (χ0n) is 33.7. The predicted molar refractivity (Wildman–Crippen MR) is 255 cm³/mol. The fourth-order valence-electron chi connectivity index (χ4n) is 9.46. The quantitative estimate of drug-likeness (QED) is 0.167. The molecule has 7 aromatic heterocycles. The summed E-state index contributed by atoms with van der Waals surface area (Å²) in [5.41, 5.74) is 19.1. The van der Waals surface area contributed by atoms with Gasteiger partial charge in [-0.2, -0.15) is 0 Å². The second-order valence-corrected chi connectivity index (χ2v) is 16.0. The second kappa shape index (κ2) is 13.9. The zero-order valence-corrected chi connectivity index (χ0v) is 33.7. The lowest BCUT2D eigenvalue weighted by Crippen LogP contribution is -1.94. The van der Waals surface area contributed by atoms with Gasteiger partial charge in [0.25, 0.3) is 0 Å². The lowest BCUT2D eigenvalue weighted by atomic mass is 9.99. The van der Waals surface area contributed by atoms with Gasteiger partial charge in [0.2, 0.25) is 0 Å². The standard InChI is InChI=1S/C56H34N6O/c1-5-37(35-19-25-57-26-20-35)29-39(7-1)41-11-15-49-47(31-41)55-51(9-3-23-59-55)61(49)43-13-17-53-45(33-43)46-34-44(14-18-54(46)63-53)62-50-16-12-42(32-48(50)56-52(62)10-4-24-60-56)40-8-2-6-38(30-40)36-21-27-58-28-22-36/h1-34H. The van der Waals surface area contributed by atoms with Crippen molar-refractivity contribution in [3.05, 3.63) is 207 Å². The van der Waals surface area contributed by atoms with Crippen molar-refractivity contribution in [1.82, 2.24) is 29.1 Å². The van der Waals surface area contributed by atoms with Gasteiger partial charge in [0.1, 0.15) is 11.2 Å². The number of rotatable bonds is 6. The lowest BCUT2D eigenvalue weighted by molar-refractivity contribution is 0.669. The van der Waals surface area contributed by atoms with Crippen molar-refractivity contribution in [3.8, 4) is 55.9 Å². The third-order valence-corrected chi connectivity index (χ3v) is 12.4. The van der Waals surface area contributed by atoms with Gasteiger partial charge < -0.3 is 13.6 Å². The summed E-state index contributed by atoms with van der Waals surface area (Å²) < 4.78 is 11.1. The second-order valence-electron chi connectivity index (χ2n) is 16.0. The van der Waals surface area contributed by atoms with Crippen molar-refractivity contribution in [2.75, 3.05) is 0 Å². The summed E-state index contributed by atoms with van der Waals surface area (Å²) in [5, 5.41) is 4.29. The van der Waals surface area contributed by atoms with E-state index in [2.05, 4.69) is 153 Å². The van der Waals surface area contributed by atoms with E-state index in [1.807, 2.05) is 73.6 Å². The van der Waals surface area contributed by atoms with Crippen LogP contribution in [0.1, 0.15) is 0 Å². The zero-order chi connectivity index (χ0) is 41.4. The Morgan fingerprint density at radius 1 is 0.302 bits per heavy atom. The summed E-state index contributed by atoms with van der Waals surface area (Å²) in [6.07, 6.45) is 11.1. The van der Waals surface area contributed by atoms with Crippen LogP contribution < -0.4 is 0 Å². The Hall–Kier alpha value is -8.68. The number of pyridine rings is 4. The highest BCUT2D eigenvalue weighted by Gasteiger charge is 2.19. The molecule has 0 N–H and O–H groups in total. The normalized spacial score (nSPS) is 11.8. The van der Waals surface area contributed by atoms with E-state index in [9.17, 15) is 0 Å². The fraction of sp³-hybridized carbons (Fsp3) is 0. The summed E-state index contributed by atoms with van der Waals surface area (Å²) in [5.74, 6) is 0. The van der Waals surface area contributed by atoms with E-state index in [-0.39, 0.29) is 0 Å². The van der Waals surface area contributed by atoms with Crippen LogP contribution in [0.25, 0.3) is 122 Å². The first-order chi connectivity index (χ1) is 31.2. The highest BCUT2D eigenvalue weighted by molar-refractivity contribution is 6.12. The monoisotopic (exact) mass is 806 g/mol. The topological polar surface area (TPSA) is 74.6 Å². The minimum absolute atomic E-state index is 0.837. The predicted octanol–water partition coefficient (Wildman–Crippen LogP) is 14.0. The van der Waals surface area contributed by atoms with Crippen molar-refractivity contribution in [2.24, 2.45) is 0 Å². The van der Waals surface area contributed by atoms with Crippen LogP contribution in [-0.4, -0.2) is 29.1 Å². The Morgan fingerprint density at radius 2 is 0.730 bits per heavy atom. The van der Waals surface area contributed by atoms with Crippen molar-refractivity contribution >= 4 is 65.8 Å². The molecule has 0 aliphatic rings. The molecule has 6 aromatic carbocycles. The molecule has 0 aliphatic heterocycles. The molecule has 0 radical (unpaired) electrons. The van der Waals surface area contributed by atoms with Crippen LogP contribution >= 0.6 is 0 Å². The molecule has 0 saturated heterocycles. The van der Waals surface area contributed by atoms with Crippen LogP contribution in [0, 0.1) is 0 Å². The van der Waals surface area contributed by atoms with Crippen LogP contribution in [0.5, 0.6) is 0 Å². The van der Waals surface area contributed by atoms with Gasteiger partial charge in [-0.05, 0) is 166 Å². The summed E-state index contributed by atoms with van der Waals surface area (Å²) in [7, 11) is 0. The first-order valence-corrected chi connectivity index (χ1v) is 21.0. The Balaban J connectivity index is 0.929. The van der Waals surface area contributed by atoms with Crippen molar-refractivity contribution < 1.29 is 4.42 Å². The third kappa shape index (κ3) is 5.67. The van der Waals surface area contributed by atoms with Crippen LogP contribution in [0.2, 0.25) is 0 Å². The summed E-state index contributed by atoms with van der Waals surface area (Å²) in [4.78, 5) is 18.3. The molecule has 0 atom stereocenters. The Labute approximate surface area is 360 Å². The molecule has 7 nitrogen and oxygen atoms in total. The smallest absolute Gasteiger partial charge is 0.135 e. The van der Waals surface area contributed by atoms with Crippen molar-refractivity contribution in [2.45, 2.75) is 0 Å². The van der Waals surface area contributed by atoms with Gasteiger partial charge in [-0.25, -0.2) is 0 Å². The number of benzene rings is 6. The van der Waals surface area contributed by atoms with Gasteiger partial charge in [0.05, 0.1) is 33.1 Å². The van der Waals surface area contributed by atoms with Gasteiger partial charge in [0.15, 0.2) is 0 Å². The highest BCUT2D eigenvalue weighted by Crippen LogP contribution is 2.40. The fourth-order valence-corrected chi connectivity index (χ4v) is 9.46. The third-order valence-electron chi connectivity index (χ3n) is 12.4. The minimum atomic E-state index is 0.837. The van der Waals surface area contributed by atoms with Crippen LogP contribution in [0.4, 0.5) is 0 Å². The van der Waals surface area contributed by atoms with Gasteiger partial charge in [-0.1, -0.05) is 48.5 Å². The van der Waals surface area contributed by atoms with Gasteiger partial charge in [-0.15, -0.1) is 0 Å². The number of hydrogen-bond donors (Lipinski definition) is 0. The maximum absolute atomic E-state index is 6.51. The van der Waals surface area contributed by atoms with Crippen molar-refractivity contribution in [3.63, 3.8) is 0 Å². The molecule has 13 rings (SSSR count). The summed E-state index contributed by atoms with van der Waals surface area (Å²) in [6.45, 7) is 0. The molecule has 7 heteroatoms. The number of nitrogens with zero attached hydrogens (tertiary/aromatic N) is 6. The Morgan fingerprint density at radius 3 is 1.19 bits per heavy atom. The summed E-state index contributed by atoms with van der Waals surface area (Å²) >= 11 is 0. The van der Waals surface area contributed by atoms with E-state index in [0.29, 0.717) is 0 Å². The van der Waals surface area contributed by atoms with E-state index in [0.717, 1.165) is 122 Å². The molecule has 0 fully saturated rings. The number of furan rings is 1. The maximum atomic E-state index is 6.51. The van der Waals surface area contributed by atoms with Gasteiger partial charge in [0, 0.05) is 70.1 Å². The molecular formula is C56H34N6O. The maximum Gasteiger partial charge on any atom is 0.135 e. The summed E-state index contributed by atoms with van der Waals surface area (Å²) in [6, 6.07) is 60.3. The van der Waals surface area contributed by atoms with Gasteiger partial charge >= 0.3 is 0 Å². The first-order valence-electron chi connectivity index (χ1n) is 21.0. The van der Waals surface area contributed by atoms with Gasteiger partial charge in [-0.3, -0.25) is 19.9 Å². The van der Waals surface area contributed by atoms with E-state index >= 15 is 0 Å². The molecular weight excluding hydrogens is 773 g/mol. The lowest BCUT2D eigenvalue weighted by Gasteiger charge is -2.10. The molecule has 7 heterocycles. The molecule has 294 valence electrons. The number of fused-ring (bicyclic) bond motifs is 9. The average Bonchev–Trinajstić information content (AvgIpc) is 4.01. The van der Waals surface area contributed by atoms with E-state index < -0.39 is 0 Å². The molecule has 0 saturated carbocycles. The molecule has 13 aromatic rings. The van der Waals surface area contributed by atoms with E-state index in [4.69, 9.17) is 14.4 Å². The molecule has 0 spiro atoms. The Kier molecular flexibility index (Phi) is 7.77. The Bertz CT molecular complexity index is 3670. The SMILES string of the molecule is c1cc(-c2ccncc2)cc(-c2ccc3c(c2)c2ncccc2n3-c2ccc3oc4ccc(-n5c6ccc(-c7cccc(-c8ccncc8)c7)cc6c6ncccc65)cc4c3c2)c1. The molecule has 0 unspecified atom stereocenters. The van der Waals surface area contributed by atoms with Crippen LogP contribution in [0.3, 0.4) is 0 Å². The van der Waals surface area contributed by atoms with Crippen molar-refractivity contribution in [1.29, 1.82) is 0 Å². The average molecular weight is 807 g/mol. The molecule has 0 bridgehead atoms. The minimum Gasteiger partial charge on any atom is -0.456 e. The first kappa shape index (κ1) is 35.1. The van der Waals surface area contributed by atoms with Crippen LogP contribution in [-0.2, 0) is 0 Å². The number of hydrogen-bond acceptors (Lipinski definition) is 5. The molecule has 0 amide bonds. The van der Waals surface area contributed by atoms with E-state index in [1.54, 1.807) is 0 Å². The molecule has 63 heavy (non-hydrogen) atoms. The highest BCUT2D eigenvalue weighted by atomic mass is 16.3. The number of aromatic nitrogens is 6. The largest absolute Gasteiger partial charge is 0.456 e. The molecule has 0 aliphatic carbocycles.